The molecular weight excluding hydrogens is 492 g/mol. The summed E-state index contributed by atoms with van der Waals surface area (Å²) < 4.78 is 12.2. The Hall–Kier alpha value is -2.74. The fraction of sp³-hybridized carbons (Fsp3) is 0.556. The molecule has 1 saturated carbocycles. The fourth-order valence-corrected chi connectivity index (χ4v) is 7.73. The van der Waals surface area contributed by atoms with Gasteiger partial charge in [-0.05, 0) is 130 Å². The fourth-order valence-electron chi connectivity index (χ4n) is 7.73. The van der Waals surface area contributed by atoms with E-state index in [1.54, 1.807) is 0 Å². The van der Waals surface area contributed by atoms with Gasteiger partial charge in [-0.15, -0.1) is 0 Å². The van der Waals surface area contributed by atoms with Gasteiger partial charge < -0.3 is 19.0 Å². The maximum absolute atomic E-state index is 6.12. The van der Waals surface area contributed by atoms with Crippen LogP contribution in [0.25, 0.3) is 11.1 Å². The smallest absolute Gasteiger partial charge is 0.133 e. The van der Waals surface area contributed by atoms with E-state index in [1.165, 1.54) is 42.6 Å². The van der Waals surface area contributed by atoms with E-state index in [0.29, 0.717) is 23.2 Å². The highest BCUT2D eigenvalue weighted by Gasteiger charge is 2.52. The van der Waals surface area contributed by atoms with Gasteiger partial charge in [0, 0.05) is 30.2 Å². The zero-order valence-electron chi connectivity index (χ0n) is 25.3. The van der Waals surface area contributed by atoms with E-state index in [4.69, 9.17) is 9.15 Å². The summed E-state index contributed by atoms with van der Waals surface area (Å²) in [5.41, 5.74) is 6.78. The molecule has 4 aliphatic rings. The Morgan fingerprint density at radius 1 is 1.07 bits per heavy atom. The number of methoxy groups -OCH3 is 1. The number of likely N-dealkylation sites (tertiary alicyclic amines) is 2. The largest absolute Gasteiger partial charge is 0.496 e. The highest BCUT2D eigenvalue weighted by atomic mass is 16.5. The normalized spacial score (nSPS) is 27.0. The summed E-state index contributed by atoms with van der Waals surface area (Å²) in [7, 11) is 6.28. The van der Waals surface area contributed by atoms with Gasteiger partial charge in [-0.3, -0.25) is 0 Å². The summed E-state index contributed by atoms with van der Waals surface area (Å²) in [6.45, 7) is 11.6. The van der Waals surface area contributed by atoms with Gasteiger partial charge in [-0.2, -0.15) is 0 Å². The molecule has 4 nitrogen and oxygen atoms in total. The van der Waals surface area contributed by atoms with Crippen molar-refractivity contribution in [1.29, 1.82) is 0 Å². The van der Waals surface area contributed by atoms with Crippen LogP contribution in [0.15, 0.2) is 40.8 Å². The third-order valence-electron chi connectivity index (χ3n) is 10.2. The molecule has 40 heavy (non-hydrogen) atoms. The van der Waals surface area contributed by atoms with E-state index >= 15 is 0 Å². The predicted octanol–water partition coefficient (Wildman–Crippen LogP) is 7.36. The topological polar surface area (TPSA) is 28.9 Å². The van der Waals surface area contributed by atoms with E-state index in [0.717, 1.165) is 66.7 Å². The van der Waals surface area contributed by atoms with Crippen LogP contribution < -0.4 is 4.74 Å². The van der Waals surface area contributed by atoms with Gasteiger partial charge in [0.2, 0.25) is 0 Å². The molecule has 4 heteroatoms. The summed E-state index contributed by atoms with van der Waals surface area (Å²) in [5.74, 6) is 12.3. The number of hydrogen-bond donors (Lipinski definition) is 0. The molecule has 212 valence electrons. The number of rotatable bonds is 4. The first-order valence-electron chi connectivity index (χ1n) is 15.3. The quantitative estimate of drug-likeness (QED) is 0.380. The third-order valence-corrected chi connectivity index (χ3v) is 10.2. The molecule has 0 bridgehead atoms. The van der Waals surface area contributed by atoms with Gasteiger partial charge in [-0.1, -0.05) is 37.8 Å². The van der Waals surface area contributed by atoms with Crippen molar-refractivity contribution >= 4 is 11.1 Å². The van der Waals surface area contributed by atoms with Crippen LogP contribution >= 0.6 is 0 Å². The van der Waals surface area contributed by atoms with Crippen LogP contribution in [0.1, 0.15) is 86.0 Å². The highest BCUT2D eigenvalue weighted by Crippen LogP contribution is 2.57. The second-order valence-electron chi connectivity index (χ2n) is 13.4. The van der Waals surface area contributed by atoms with Crippen LogP contribution in [0.3, 0.4) is 0 Å². The first-order valence-corrected chi connectivity index (χ1v) is 15.3. The lowest BCUT2D eigenvalue weighted by Crippen LogP contribution is -2.61. The Kier molecular flexibility index (Phi) is 7.49. The maximum atomic E-state index is 6.12. The van der Waals surface area contributed by atoms with Crippen molar-refractivity contribution in [2.45, 2.75) is 64.7 Å². The maximum Gasteiger partial charge on any atom is 0.133 e. The summed E-state index contributed by atoms with van der Waals surface area (Å²) in [4.78, 5) is 4.87. The summed E-state index contributed by atoms with van der Waals surface area (Å²) in [6.07, 6.45) is 10.5. The van der Waals surface area contributed by atoms with Crippen LogP contribution in [0.2, 0.25) is 0 Å². The van der Waals surface area contributed by atoms with Gasteiger partial charge in [0.15, 0.2) is 0 Å². The second-order valence-corrected chi connectivity index (χ2v) is 13.4. The molecule has 0 radical (unpaired) electrons. The zero-order chi connectivity index (χ0) is 28.0. The molecule has 2 aliphatic carbocycles. The minimum Gasteiger partial charge on any atom is -0.496 e. The summed E-state index contributed by atoms with van der Waals surface area (Å²) >= 11 is 0. The Bertz CT molecular complexity index is 1360. The number of ether oxygens (including phenoxy) is 1. The standard InChI is InChI=1S/C36H46N2O2/c1-24-7-10-29(34-12-8-25(2)40-34)17-28(11-9-27-13-15-37(4)16-14-27)33-19-35(39-6)32(18-31(24)33)26(3)30-20-36(21-30)22-38(5)23-36/h8,10,12,17-19,24,26-27,30H,7,13-16,20-23H2,1-6H3/b28-17-,29-10-. The van der Waals surface area contributed by atoms with Crippen molar-refractivity contribution in [3.8, 4) is 17.6 Å². The SMILES string of the molecule is COc1cc2c(cc1C(C)C1CC3(C1)CN(C)C3)C(C)C/C=C(c1ccc(C)o1)/C=C\2C#CC1CCN(C)CC1. The predicted molar refractivity (Wildman–Crippen MR) is 164 cm³/mol. The molecule has 2 unspecified atom stereocenters. The average molecular weight is 539 g/mol. The number of furan rings is 1. The summed E-state index contributed by atoms with van der Waals surface area (Å²) in [6, 6.07) is 8.91. The molecule has 2 aliphatic heterocycles. The molecule has 3 fully saturated rings. The number of hydrogen-bond acceptors (Lipinski definition) is 4. The van der Waals surface area contributed by atoms with Crippen molar-refractivity contribution in [3.63, 3.8) is 0 Å². The Morgan fingerprint density at radius 3 is 2.48 bits per heavy atom. The van der Waals surface area contributed by atoms with Crippen molar-refractivity contribution in [2.24, 2.45) is 17.3 Å². The third kappa shape index (κ3) is 5.31. The first-order chi connectivity index (χ1) is 19.2. The van der Waals surface area contributed by atoms with E-state index < -0.39 is 0 Å². The molecule has 2 saturated heterocycles. The van der Waals surface area contributed by atoms with Crippen molar-refractivity contribution in [1.82, 2.24) is 9.80 Å². The van der Waals surface area contributed by atoms with Crippen LogP contribution in [0, 0.1) is 36.0 Å². The summed E-state index contributed by atoms with van der Waals surface area (Å²) in [5, 5.41) is 0. The van der Waals surface area contributed by atoms with E-state index in [2.05, 4.69) is 79.9 Å². The minimum absolute atomic E-state index is 0.375. The van der Waals surface area contributed by atoms with E-state index in [-0.39, 0.29) is 0 Å². The van der Waals surface area contributed by atoms with E-state index in [1.807, 2.05) is 20.1 Å². The van der Waals surface area contributed by atoms with Crippen molar-refractivity contribution in [3.05, 3.63) is 64.6 Å². The minimum atomic E-state index is 0.375. The lowest BCUT2D eigenvalue weighted by atomic mass is 9.54. The van der Waals surface area contributed by atoms with Crippen LogP contribution in [-0.2, 0) is 0 Å². The lowest BCUT2D eigenvalue weighted by molar-refractivity contribution is -0.0875. The lowest BCUT2D eigenvalue weighted by Gasteiger charge is -2.59. The van der Waals surface area contributed by atoms with Gasteiger partial charge >= 0.3 is 0 Å². The van der Waals surface area contributed by atoms with Gasteiger partial charge in [0.05, 0.1) is 7.11 Å². The van der Waals surface area contributed by atoms with Gasteiger partial charge in [-0.25, -0.2) is 0 Å². The van der Waals surface area contributed by atoms with Crippen molar-refractivity contribution < 1.29 is 9.15 Å². The number of nitrogens with zero attached hydrogens (tertiary/aromatic N) is 2. The van der Waals surface area contributed by atoms with Crippen LogP contribution in [-0.4, -0.2) is 57.2 Å². The van der Waals surface area contributed by atoms with Crippen LogP contribution in [0.5, 0.6) is 5.75 Å². The average Bonchev–Trinajstić information content (AvgIpc) is 3.34. The number of aryl methyl sites for hydroxylation is 1. The number of piperidine rings is 1. The monoisotopic (exact) mass is 538 g/mol. The molecule has 2 aromatic rings. The zero-order valence-corrected chi connectivity index (χ0v) is 25.3. The first kappa shape index (κ1) is 27.4. The number of fused-ring (bicyclic) bond motifs is 1. The van der Waals surface area contributed by atoms with Crippen LogP contribution in [0.4, 0.5) is 0 Å². The molecule has 0 N–H and O–H groups in total. The molecule has 1 aromatic heterocycles. The molecule has 1 spiro atoms. The number of allylic oxidation sites excluding steroid dienone is 4. The molecule has 3 heterocycles. The van der Waals surface area contributed by atoms with Crippen molar-refractivity contribution in [2.75, 3.05) is 47.4 Å². The van der Waals surface area contributed by atoms with Gasteiger partial charge in [0.1, 0.15) is 17.3 Å². The van der Waals surface area contributed by atoms with Gasteiger partial charge in [0.25, 0.3) is 0 Å². The Labute approximate surface area is 241 Å². The molecular formula is C36H46N2O2. The molecule has 0 amide bonds. The second kappa shape index (κ2) is 10.9. The molecule has 6 rings (SSSR count). The molecule has 1 aromatic carbocycles. The molecule has 2 atom stereocenters. The number of benzene rings is 1. The Morgan fingerprint density at radius 2 is 1.82 bits per heavy atom. The highest BCUT2D eigenvalue weighted by molar-refractivity contribution is 5.91. The Balaban J connectivity index is 1.38. The van der Waals surface area contributed by atoms with E-state index in [9.17, 15) is 0 Å².